The zero-order valence-electron chi connectivity index (χ0n) is 16.9. The smallest absolute Gasteiger partial charge is 0.242 e. The molecule has 0 spiro atoms. The SMILES string of the molecule is CCCNC(=O)[C@H](C)N(Cc1ccc(Br)cc1)C(=O)CCc1ccc(C)cc1. The maximum atomic E-state index is 13.0. The number of carbonyl (C=O) groups excluding carboxylic acids is 2. The Kier molecular flexibility index (Phi) is 8.71. The quantitative estimate of drug-likeness (QED) is 0.612. The van der Waals surface area contributed by atoms with Crippen LogP contribution >= 0.6 is 15.9 Å². The average molecular weight is 445 g/mol. The van der Waals surface area contributed by atoms with E-state index < -0.39 is 6.04 Å². The Balaban J connectivity index is 2.10. The minimum atomic E-state index is -0.513. The number of amides is 2. The Bertz CT molecular complexity index is 772. The van der Waals surface area contributed by atoms with Crippen molar-refractivity contribution < 1.29 is 9.59 Å². The lowest BCUT2D eigenvalue weighted by Crippen LogP contribution is -2.47. The van der Waals surface area contributed by atoms with Crippen LogP contribution in [0.15, 0.2) is 53.0 Å². The van der Waals surface area contributed by atoms with Crippen LogP contribution in [0.5, 0.6) is 0 Å². The maximum absolute atomic E-state index is 13.0. The van der Waals surface area contributed by atoms with Gasteiger partial charge in [0.1, 0.15) is 6.04 Å². The standard InChI is InChI=1S/C23H29BrN2O2/c1-4-15-25-23(28)18(3)26(16-20-9-12-21(24)13-10-20)22(27)14-11-19-7-5-17(2)6-8-19/h5-10,12-13,18H,4,11,14-16H2,1-3H3,(H,25,28)/t18-/m0/s1. The third-order valence-corrected chi connectivity index (χ3v) is 5.26. The molecule has 2 aromatic rings. The molecular weight excluding hydrogens is 416 g/mol. The molecule has 2 rings (SSSR count). The van der Waals surface area contributed by atoms with E-state index >= 15 is 0 Å². The van der Waals surface area contributed by atoms with E-state index in [0.29, 0.717) is 25.9 Å². The van der Waals surface area contributed by atoms with Crippen LogP contribution in [0, 0.1) is 6.92 Å². The first-order chi connectivity index (χ1) is 13.4. The van der Waals surface area contributed by atoms with Crippen molar-refractivity contribution >= 4 is 27.7 Å². The van der Waals surface area contributed by atoms with E-state index in [1.807, 2.05) is 38.1 Å². The first kappa shape index (κ1) is 22.2. The number of benzene rings is 2. The van der Waals surface area contributed by atoms with Crippen molar-refractivity contribution in [1.82, 2.24) is 10.2 Å². The lowest BCUT2D eigenvalue weighted by molar-refractivity contribution is -0.140. The van der Waals surface area contributed by atoms with Crippen LogP contribution < -0.4 is 5.32 Å². The third kappa shape index (κ3) is 6.79. The van der Waals surface area contributed by atoms with Gasteiger partial charge in [-0.3, -0.25) is 9.59 Å². The van der Waals surface area contributed by atoms with E-state index in [9.17, 15) is 9.59 Å². The Morgan fingerprint density at radius 3 is 2.25 bits per heavy atom. The highest BCUT2D eigenvalue weighted by Gasteiger charge is 2.25. The van der Waals surface area contributed by atoms with Crippen LogP contribution in [0.2, 0.25) is 0 Å². The van der Waals surface area contributed by atoms with E-state index in [2.05, 4.69) is 45.5 Å². The van der Waals surface area contributed by atoms with Crippen LogP contribution in [0.25, 0.3) is 0 Å². The van der Waals surface area contributed by atoms with E-state index in [-0.39, 0.29) is 11.8 Å². The molecule has 0 radical (unpaired) electrons. The van der Waals surface area contributed by atoms with Gasteiger partial charge in [0.05, 0.1) is 0 Å². The van der Waals surface area contributed by atoms with Crippen LogP contribution in [-0.4, -0.2) is 29.3 Å². The molecule has 0 aliphatic carbocycles. The van der Waals surface area contributed by atoms with Gasteiger partial charge in [-0.2, -0.15) is 0 Å². The van der Waals surface area contributed by atoms with E-state index in [1.165, 1.54) is 5.56 Å². The van der Waals surface area contributed by atoms with Crippen molar-refractivity contribution in [2.75, 3.05) is 6.54 Å². The van der Waals surface area contributed by atoms with Gasteiger partial charge in [0.25, 0.3) is 0 Å². The van der Waals surface area contributed by atoms with Crippen LogP contribution in [-0.2, 0) is 22.6 Å². The monoisotopic (exact) mass is 444 g/mol. The second-order valence-corrected chi connectivity index (χ2v) is 8.02. The molecule has 5 heteroatoms. The molecule has 0 aliphatic rings. The highest BCUT2D eigenvalue weighted by molar-refractivity contribution is 9.10. The number of hydrogen-bond donors (Lipinski definition) is 1. The minimum Gasteiger partial charge on any atom is -0.354 e. The number of aryl methyl sites for hydroxylation is 2. The molecule has 0 aromatic heterocycles. The van der Waals surface area contributed by atoms with Gasteiger partial charge in [0.15, 0.2) is 0 Å². The minimum absolute atomic E-state index is 0.0114. The molecule has 2 aromatic carbocycles. The number of nitrogens with one attached hydrogen (secondary N) is 1. The fourth-order valence-corrected chi connectivity index (χ4v) is 3.18. The van der Waals surface area contributed by atoms with Crippen LogP contribution in [0.4, 0.5) is 0 Å². The summed E-state index contributed by atoms with van der Waals surface area (Å²) in [5, 5.41) is 2.90. The van der Waals surface area contributed by atoms with Gasteiger partial charge in [0, 0.05) is 24.0 Å². The fraction of sp³-hybridized carbons (Fsp3) is 0.391. The molecular formula is C23H29BrN2O2. The van der Waals surface area contributed by atoms with E-state index in [1.54, 1.807) is 11.8 Å². The molecule has 150 valence electrons. The van der Waals surface area contributed by atoms with Crippen molar-refractivity contribution in [3.05, 3.63) is 69.7 Å². The van der Waals surface area contributed by atoms with Gasteiger partial charge in [-0.05, 0) is 49.9 Å². The molecule has 4 nitrogen and oxygen atoms in total. The molecule has 1 N–H and O–H groups in total. The second kappa shape index (κ2) is 11.0. The molecule has 28 heavy (non-hydrogen) atoms. The largest absolute Gasteiger partial charge is 0.354 e. The summed E-state index contributed by atoms with van der Waals surface area (Å²) in [6, 6.07) is 15.6. The fourth-order valence-electron chi connectivity index (χ4n) is 2.91. The van der Waals surface area contributed by atoms with Crippen molar-refractivity contribution in [2.45, 2.75) is 52.6 Å². The van der Waals surface area contributed by atoms with Gasteiger partial charge in [-0.15, -0.1) is 0 Å². The van der Waals surface area contributed by atoms with Crippen molar-refractivity contribution in [3.8, 4) is 0 Å². The molecule has 1 atom stereocenters. The Hall–Kier alpha value is -2.14. The number of hydrogen-bond acceptors (Lipinski definition) is 2. The Labute approximate surface area is 176 Å². The number of carbonyl (C=O) groups is 2. The van der Waals surface area contributed by atoms with Crippen LogP contribution in [0.3, 0.4) is 0 Å². The lowest BCUT2D eigenvalue weighted by atomic mass is 10.1. The maximum Gasteiger partial charge on any atom is 0.242 e. The first-order valence-electron chi connectivity index (χ1n) is 9.78. The zero-order valence-corrected chi connectivity index (χ0v) is 18.5. The van der Waals surface area contributed by atoms with Crippen LogP contribution in [0.1, 0.15) is 43.4 Å². The summed E-state index contributed by atoms with van der Waals surface area (Å²) in [6.45, 7) is 6.89. The van der Waals surface area contributed by atoms with Gasteiger partial charge in [-0.25, -0.2) is 0 Å². The molecule has 0 saturated heterocycles. The molecule has 0 bridgehead atoms. The molecule has 0 unspecified atom stereocenters. The van der Waals surface area contributed by atoms with Crippen molar-refractivity contribution in [1.29, 1.82) is 0 Å². The van der Waals surface area contributed by atoms with Gasteiger partial charge >= 0.3 is 0 Å². The number of nitrogens with zero attached hydrogens (tertiary/aromatic N) is 1. The number of rotatable bonds is 9. The van der Waals surface area contributed by atoms with E-state index in [4.69, 9.17) is 0 Å². The lowest BCUT2D eigenvalue weighted by Gasteiger charge is -2.29. The Morgan fingerprint density at radius 1 is 1.04 bits per heavy atom. The zero-order chi connectivity index (χ0) is 20.5. The summed E-state index contributed by atoms with van der Waals surface area (Å²) in [5.74, 6) is -0.120. The molecule has 0 aliphatic heterocycles. The summed E-state index contributed by atoms with van der Waals surface area (Å²) in [6.07, 6.45) is 1.91. The van der Waals surface area contributed by atoms with Gasteiger partial charge < -0.3 is 10.2 Å². The predicted molar refractivity (Wildman–Crippen MR) is 117 cm³/mol. The topological polar surface area (TPSA) is 49.4 Å². The molecule has 2 amide bonds. The van der Waals surface area contributed by atoms with Gasteiger partial charge in [-0.1, -0.05) is 64.8 Å². The Morgan fingerprint density at radius 2 is 1.64 bits per heavy atom. The summed E-state index contributed by atoms with van der Waals surface area (Å²) in [4.78, 5) is 27.2. The molecule has 0 saturated carbocycles. The van der Waals surface area contributed by atoms with Crippen molar-refractivity contribution in [2.24, 2.45) is 0 Å². The average Bonchev–Trinajstić information content (AvgIpc) is 2.70. The molecule has 0 heterocycles. The summed E-state index contributed by atoms with van der Waals surface area (Å²) in [7, 11) is 0. The third-order valence-electron chi connectivity index (χ3n) is 4.73. The normalized spacial score (nSPS) is 11.7. The van der Waals surface area contributed by atoms with Crippen molar-refractivity contribution in [3.63, 3.8) is 0 Å². The highest BCUT2D eigenvalue weighted by atomic mass is 79.9. The second-order valence-electron chi connectivity index (χ2n) is 7.10. The molecule has 0 fully saturated rings. The van der Waals surface area contributed by atoms with E-state index in [0.717, 1.165) is 22.0 Å². The highest BCUT2D eigenvalue weighted by Crippen LogP contribution is 2.16. The van der Waals surface area contributed by atoms with Gasteiger partial charge in [0.2, 0.25) is 11.8 Å². The summed E-state index contributed by atoms with van der Waals surface area (Å²) in [5.41, 5.74) is 3.33. The predicted octanol–water partition coefficient (Wildman–Crippen LogP) is 4.63. The summed E-state index contributed by atoms with van der Waals surface area (Å²) < 4.78 is 0.988. The first-order valence-corrected chi connectivity index (χ1v) is 10.6. The number of halogens is 1. The summed E-state index contributed by atoms with van der Waals surface area (Å²) >= 11 is 3.43.